The third kappa shape index (κ3) is 5.13. The van der Waals surface area contributed by atoms with E-state index in [0.717, 1.165) is 28.7 Å². The van der Waals surface area contributed by atoms with Crippen molar-refractivity contribution in [2.24, 2.45) is 5.92 Å². The number of hydrogen-bond acceptors (Lipinski definition) is 9. The molecule has 3 aromatic carbocycles. The fourth-order valence-corrected chi connectivity index (χ4v) is 8.40. The largest absolute Gasteiger partial charge is 0.497 e. The van der Waals surface area contributed by atoms with Crippen LogP contribution in [0.5, 0.6) is 17.2 Å². The van der Waals surface area contributed by atoms with Gasteiger partial charge in [-0.1, -0.05) is 46.9 Å². The summed E-state index contributed by atoms with van der Waals surface area (Å²) in [5.74, 6) is -1.02. The number of fused-ring (bicyclic) bond motifs is 2. The van der Waals surface area contributed by atoms with Gasteiger partial charge in [0.05, 0.1) is 38.0 Å². The van der Waals surface area contributed by atoms with E-state index in [-0.39, 0.29) is 29.1 Å². The van der Waals surface area contributed by atoms with Crippen molar-refractivity contribution in [3.05, 3.63) is 92.4 Å². The third-order valence-electron chi connectivity index (χ3n) is 7.78. The highest BCUT2D eigenvalue weighted by Gasteiger charge is 2.57. The maximum absolute atomic E-state index is 14.1. The maximum Gasteiger partial charge on any atom is 0.308 e. The molecule has 1 saturated heterocycles. The van der Waals surface area contributed by atoms with E-state index in [9.17, 15) is 19.2 Å². The fourth-order valence-electron chi connectivity index (χ4n) is 5.63. The summed E-state index contributed by atoms with van der Waals surface area (Å²) in [5, 5.41) is 2.51. The average molecular weight is 632 g/mol. The highest BCUT2D eigenvalue weighted by atomic mass is 32.2. The summed E-state index contributed by atoms with van der Waals surface area (Å²) in [6.07, 6.45) is 0. The first-order valence-corrected chi connectivity index (χ1v) is 15.4. The van der Waals surface area contributed by atoms with Crippen LogP contribution < -0.4 is 29.3 Å². The van der Waals surface area contributed by atoms with Crippen molar-refractivity contribution in [3.8, 4) is 17.2 Å². The zero-order valence-electron chi connectivity index (χ0n) is 24.4. The van der Waals surface area contributed by atoms with Crippen LogP contribution in [-0.4, -0.2) is 48.9 Å². The molecule has 2 aliphatic heterocycles. The predicted octanol–water partition coefficient (Wildman–Crippen LogP) is 4.68. The zero-order valence-corrected chi connectivity index (χ0v) is 26.0. The van der Waals surface area contributed by atoms with Crippen LogP contribution in [0, 0.1) is 12.8 Å². The van der Waals surface area contributed by atoms with Gasteiger partial charge in [-0.05, 0) is 61.0 Å². The molecule has 4 aromatic rings. The lowest BCUT2D eigenvalue weighted by Crippen LogP contribution is -2.33. The molecule has 3 atom stereocenters. The summed E-state index contributed by atoms with van der Waals surface area (Å²) < 4.78 is 17.6. The number of amides is 3. The Labute approximate surface area is 261 Å². The van der Waals surface area contributed by atoms with Gasteiger partial charge >= 0.3 is 4.87 Å². The highest BCUT2D eigenvalue weighted by Crippen LogP contribution is 2.54. The molecule has 2 aliphatic rings. The van der Waals surface area contributed by atoms with Gasteiger partial charge in [-0.2, -0.15) is 0 Å². The van der Waals surface area contributed by atoms with Crippen LogP contribution in [-0.2, 0) is 20.9 Å². The van der Waals surface area contributed by atoms with Gasteiger partial charge in [-0.3, -0.25) is 23.7 Å². The minimum Gasteiger partial charge on any atom is -0.497 e. The summed E-state index contributed by atoms with van der Waals surface area (Å²) in [6, 6.07) is 19.4. The number of thiazole rings is 1. The van der Waals surface area contributed by atoms with E-state index in [1.165, 1.54) is 23.7 Å². The van der Waals surface area contributed by atoms with Gasteiger partial charge in [0.2, 0.25) is 17.7 Å². The molecule has 6 rings (SSSR count). The number of nitrogens with one attached hydrogen (secondary N) is 1. The highest BCUT2D eigenvalue weighted by molar-refractivity contribution is 8.00. The Morgan fingerprint density at radius 2 is 1.57 bits per heavy atom. The second kappa shape index (κ2) is 11.9. The number of carbonyl (C=O) groups excluding carboxylic acids is 3. The van der Waals surface area contributed by atoms with Crippen molar-refractivity contribution in [1.29, 1.82) is 0 Å². The normalized spacial score (nSPS) is 18.9. The summed E-state index contributed by atoms with van der Waals surface area (Å²) in [5.41, 5.74) is 2.78. The lowest BCUT2D eigenvalue weighted by Gasteiger charge is -2.31. The average Bonchev–Trinajstić information content (AvgIpc) is 3.47. The number of imide groups is 1. The summed E-state index contributed by atoms with van der Waals surface area (Å²) in [6.45, 7) is 1.71. The van der Waals surface area contributed by atoms with Crippen molar-refractivity contribution in [2.45, 2.75) is 29.7 Å². The molecule has 0 radical (unpaired) electrons. The minimum absolute atomic E-state index is 0.244. The Morgan fingerprint density at radius 1 is 0.864 bits per heavy atom. The molecular formula is C32H29N3O7S2. The van der Waals surface area contributed by atoms with Crippen molar-refractivity contribution in [2.75, 3.05) is 31.5 Å². The summed E-state index contributed by atoms with van der Waals surface area (Å²) in [7, 11) is 4.59. The van der Waals surface area contributed by atoms with Gasteiger partial charge in [0.25, 0.3) is 0 Å². The number of benzene rings is 3. The van der Waals surface area contributed by atoms with Crippen LogP contribution >= 0.6 is 23.1 Å². The number of hydrogen-bond donors (Lipinski definition) is 1. The molecule has 0 saturated carbocycles. The predicted molar refractivity (Wildman–Crippen MR) is 168 cm³/mol. The van der Waals surface area contributed by atoms with Crippen LogP contribution in [0.2, 0.25) is 0 Å². The number of rotatable bonds is 8. The second-order valence-corrected chi connectivity index (χ2v) is 12.5. The monoisotopic (exact) mass is 631 g/mol. The molecule has 3 amide bonds. The number of nitrogens with zero attached hydrogens (tertiary/aromatic N) is 2. The molecule has 0 spiro atoms. The number of thioether (sulfide) groups is 1. The zero-order chi connectivity index (χ0) is 31.1. The Bertz CT molecular complexity index is 1810. The number of aryl methyl sites for hydroxylation is 1. The smallest absolute Gasteiger partial charge is 0.308 e. The molecule has 0 unspecified atom stereocenters. The van der Waals surface area contributed by atoms with E-state index in [1.807, 2.05) is 25.1 Å². The molecule has 1 fully saturated rings. The molecule has 0 bridgehead atoms. The molecule has 1 aromatic heterocycles. The molecule has 44 heavy (non-hydrogen) atoms. The summed E-state index contributed by atoms with van der Waals surface area (Å²) in [4.78, 5) is 56.1. The lowest BCUT2D eigenvalue weighted by atomic mass is 9.83. The Kier molecular flexibility index (Phi) is 7.95. The van der Waals surface area contributed by atoms with E-state index in [4.69, 9.17) is 14.2 Å². The number of anilines is 2. The third-order valence-corrected chi connectivity index (χ3v) is 10.4. The molecule has 12 heteroatoms. The topological polar surface area (TPSA) is 116 Å². The van der Waals surface area contributed by atoms with Crippen molar-refractivity contribution < 1.29 is 28.6 Å². The van der Waals surface area contributed by atoms with E-state index >= 15 is 0 Å². The molecule has 226 valence electrons. The van der Waals surface area contributed by atoms with Gasteiger partial charge in [0.1, 0.15) is 17.5 Å². The molecule has 10 nitrogen and oxygen atoms in total. The Hall–Kier alpha value is -4.55. The molecule has 3 heterocycles. The number of carbonyl (C=O) groups is 3. The number of aromatic nitrogens is 1. The summed E-state index contributed by atoms with van der Waals surface area (Å²) >= 11 is 2.14. The van der Waals surface area contributed by atoms with Gasteiger partial charge in [-0.25, -0.2) is 4.90 Å². The minimum atomic E-state index is -0.824. The second-order valence-electron chi connectivity index (χ2n) is 10.4. The van der Waals surface area contributed by atoms with Gasteiger partial charge in [-0.15, -0.1) is 0 Å². The van der Waals surface area contributed by atoms with Crippen molar-refractivity contribution in [1.82, 2.24) is 4.57 Å². The van der Waals surface area contributed by atoms with Crippen LogP contribution in [0.3, 0.4) is 0 Å². The van der Waals surface area contributed by atoms with Crippen LogP contribution in [0.15, 0.2) is 76.6 Å². The number of ether oxygens (including phenoxy) is 3. The van der Waals surface area contributed by atoms with Gasteiger partial charge in [0.15, 0.2) is 11.5 Å². The maximum atomic E-state index is 14.1. The van der Waals surface area contributed by atoms with E-state index in [0.29, 0.717) is 44.1 Å². The lowest BCUT2D eigenvalue weighted by molar-refractivity contribution is -0.122. The number of methoxy groups -OCH3 is 3. The van der Waals surface area contributed by atoms with Gasteiger partial charge in [0, 0.05) is 16.5 Å². The van der Waals surface area contributed by atoms with Crippen LogP contribution in [0.4, 0.5) is 11.4 Å². The van der Waals surface area contributed by atoms with E-state index in [2.05, 4.69) is 5.32 Å². The van der Waals surface area contributed by atoms with E-state index in [1.54, 1.807) is 55.6 Å². The van der Waals surface area contributed by atoms with Crippen molar-refractivity contribution >= 4 is 52.2 Å². The first-order valence-electron chi connectivity index (χ1n) is 13.7. The van der Waals surface area contributed by atoms with Crippen LogP contribution in [0.25, 0.3) is 0 Å². The Morgan fingerprint density at radius 3 is 2.23 bits per heavy atom. The molecule has 0 aliphatic carbocycles. The Balaban J connectivity index is 1.43. The fraction of sp³-hybridized carbons (Fsp3) is 0.250. The van der Waals surface area contributed by atoms with Gasteiger partial charge < -0.3 is 19.5 Å². The van der Waals surface area contributed by atoms with Crippen LogP contribution in [0.1, 0.15) is 21.9 Å². The quantitative estimate of drug-likeness (QED) is 0.279. The molecule has 1 N–H and O–H groups in total. The van der Waals surface area contributed by atoms with Crippen molar-refractivity contribution in [3.63, 3.8) is 0 Å². The standard InChI is InChI=1S/C32H29N3O7S2/c1-17-5-8-19(9-6-17)33-24(36)16-34-31-28(44-32(34)39)25(18-7-14-22(41-3)23(15-18)42-4)26-27(43-31)30(38)35(29(26)37)20-10-12-21(40-2)13-11-20/h5-15,25-27H,16H2,1-4H3,(H,33,36)/t25-,26-,27+/m0/s1. The first-order chi connectivity index (χ1) is 21.2. The van der Waals surface area contributed by atoms with E-state index < -0.39 is 17.1 Å². The first kappa shape index (κ1) is 29.5. The SMILES string of the molecule is COc1ccc(N2C(=O)[C@H]3[C@H](c4ccc(OC)c(OC)c4)c4sc(=O)n(CC(=O)Nc5ccc(C)cc5)c4S[C@H]3C2=O)cc1. The molecular weight excluding hydrogens is 603 g/mol.